The smallest absolute Gasteiger partial charge is 0.124 e. The molecule has 4 nitrogen and oxygen atoms in total. The van der Waals surface area contributed by atoms with E-state index in [1.807, 2.05) is 109 Å². The van der Waals surface area contributed by atoms with Crippen molar-refractivity contribution in [3.63, 3.8) is 0 Å². The van der Waals surface area contributed by atoms with Crippen molar-refractivity contribution < 1.29 is 20.4 Å². The van der Waals surface area contributed by atoms with Crippen molar-refractivity contribution in [3.05, 3.63) is 133 Å². The van der Waals surface area contributed by atoms with Gasteiger partial charge in [-0.15, -0.1) is 0 Å². The maximum Gasteiger partial charge on any atom is 0.124 e. The van der Waals surface area contributed by atoms with Crippen LogP contribution in [0.25, 0.3) is 76.5 Å². The van der Waals surface area contributed by atoms with E-state index in [0.717, 1.165) is 54.2 Å². The second-order valence-corrected chi connectivity index (χ2v) is 11.1. The molecule has 4 N–H and O–H groups in total. The molecule has 0 unspecified atom stereocenters. The molecular weight excluding hydrogens is 544 g/mol. The second-order valence-electron chi connectivity index (χ2n) is 11.1. The SMILES string of the molecule is Oc1ccc2ccccc2c1-c1c(O)cc(-c2cc(O)c(-c3c(O)ccc4ccccc34)c3ccccc23)c2ccccc12. The van der Waals surface area contributed by atoms with Crippen LogP contribution in [0.5, 0.6) is 23.0 Å². The van der Waals surface area contributed by atoms with E-state index >= 15 is 0 Å². The van der Waals surface area contributed by atoms with Crippen LogP contribution in [0.4, 0.5) is 0 Å². The maximum atomic E-state index is 11.7. The van der Waals surface area contributed by atoms with Gasteiger partial charge in [0.05, 0.1) is 0 Å². The van der Waals surface area contributed by atoms with E-state index in [1.54, 1.807) is 24.3 Å². The normalized spacial score (nSPS) is 11.5. The Morgan fingerprint density at radius 1 is 0.273 bits per heavy atom. The zero-order valence-electron chi connectivity index (χ0n) is 23.5. The van der Waals surface area contributed by atoms with Crippen LogP contribution in [-0.2, 0) is 0 Å². The lowest BCUT2D eigenvalue weighted by Crippen LogP contribution is -1.92. The van der Waals surface area contributed by atoms with Gasteiger partial charge in [0.1, 0.15) is 23.0 Å². The van der Waals surface area contributed by atoms with Crippen LogP contribution in [0.1, 0.15) is 0 Å². The molecule has 4 heteroatoms. The van der Waals surface area contributed by atoms with Crippen molar-refractivity contribution in [3.8, 4) is 56.4 Å². The van der Waals surface area contributed by atoms with Crippen molar-refractivity contribution in [1.29, 1.82) is 0 Å². The first-order chi connectivity index (χ1) is 21.5. The quantitative estimate of drug-likeness (QED) is 0.170. The minimum atomic E-state index is 0.0182. The van der Waals surface area contributed by atoms with Crippen molar-refractivity contribution in [1.82, 2.24) is 0 Å². The molecule has 0 fully saturated rings. The molecule has 0 aliphatic rings. The van der Waals surface area contributed by atoms with Crippen LogP contribution in [0.2, 0.25) is 0 Å². The van der Waals surface area contributed by atoms with Gasteiger partial charge in [0.25, 0.3) is 0 Å². The van der Waals surface area contributed by atoms with Crippen LogP contribution in [0.3, 0.4) is 0 Å². The van der Waals surface area contributed by atoms with Crippen LogP contribution in [0, 0.1) is 0 Å². The summed E-state index contributed by atoms with van der Waals surface area (Å²) in [5.74, 6) is 0.202. The Morgan fingerprint density at radius 2 is 0.591 bits per heavy atom. The Balaban J connectivity index is 1.45. The molecule has 44 heavy (non-hydrogen) atoms. The molecule has 0 spiro atoms. The molecule has 0 saturated heterocycles. The van der Waals surface area contributed by atoms with Gasteiger partial charge in [-0.3, -0.25) is 0 Å². The summed E-state index contributed by atoms with van der Waals surface area (Å²) < 4.78 is 0. The van der Waals surface area contributed by atoms with E-state index in [4.69, 9.17) is 0 Å². The van der Waals surface area contributed by atoms with Gasteiger partial charge < -0.3 is 20.4 Å². The fourth-order valence-corrected chi connectivity index (χ4v) is 6.74. The highest BCUT2D eigenvalue weighted by molar-refractivity contribution is 6.18. The molecule has 0 aromatic heterocycles. The largest absolute Gasteiger partial charge is 0.507 e. The fraction of sp³-hybridized carbons (Fsp3) is 0. The van der Waals surface area contributed by atoms with Gasteiger partial charge in [-0.2, -0.15) is 0 Å². The van der Waals surface area contributed by atoms with Crippen molar-refractivity contribution in [2.45, 2.75) is 0 Å². The number of benzene rings is 8. The van der Waals surface area contributed by atoms with Crippen molar-refractivity contribution in [2.24, 2.45) is 0 Å². The lowest BCUT2D eigenvalue weighted by molar-refractivity contribution is 0.470. The summed E-state index contributed by atoms with van der Waals surface area (Å²) in [5, 5.41) is 52.4. The van der Waals surface area contributed by atoms with Crippen LogP contribution in [-0.4, -0.2) is 20.4 Å². The first-order valence-electron chi connectivity index (χ1n) is 14.4. The number of hydrogen-bond donors (Lipinski definition) is 4. The highest BCUT2D eigenvalue weighted by Gasteiger charge is 2.23. The van der Waals surface area contributed by atoms with E-state index in [9.17, 15) is 20.4 Å². The third-order valence-corrected chi connectivity index (χ3v) is 8.65. The third-order valence-electron chi connectivity index (χ3n) is 8.65. The standard InChI is InChI=1S/C40H26O4/c41-33-19-17-23-9-1-3-11-25(23)37(33)39-29-15-7-5-13-27(29)31(21-35(39)43)32-22-36(44)40(30-16-8-6-14-28(30)32)38-26-12-4-2-10-24(26)18-20-34(38)42/h1-22,41-44H. The molecule has 0 saturated carbocycles. The number of hydrogen-bond acceptors (Lipinski definition) is 4. The topological polar surface area (TPSA) is 80.9 Å². The lowest BCUT2D eigenvalue weighted by Gasteiger charge is -2.20. The molecule has 8 rings (SSSR count). The Labute approximate surface area is 253 Å². The minimum absolute atomic E-state index is 0.0182. The monoisotopic (exact) mass is 570 g/mol. The highest BCUT2D eigenvalue weighted by atomic mass is 16.3. The Hall–Kier alpha value is -6.00. The van der Waals surface area contributed by atoms with E-state index in [1.165, 1.54) is 0 Å². The van der Waals surface area contributed by atoms with Crippen molar-refractivity contribution >= 4 is 43.1 Å². The average Bonchev–Trinajstić information content (AvgIpc) is 3.05. The van der Waals surface area contributed by atoms with Gasteiger partial charge in [-0.1, -0.05) is 109 Å². The molecular formula is C40H26O4. The maximum absolute atomic E-state index is 11.7. The highest BCUT2D eigenvalue weighted by Crippen LogP contribution is 2.51. The summed E-state index contributed by atoms with van der Waals surface area (Å²) in [6.45, 7) is 0. The molecule has 8 aromatic carbocycles. The molecule has 0 radical (unpaired) electrons. The zero-order valence-corrected chi connectivity index (χ0v) is 23.5. The summed E-state index contributed by atoms with van der Waals surface area (Å²) in [7, 11) is 0. The summed E-state index contributed by atoms with van der Waals surface area (Å²) in [5.41, 5.74) is 3.70. The van der Waals surface area contributed by atoms with Crippen molar-refractivity contribution in [2.75, 3.05) is 0 Å². The summed E-state index contributed by atoms with van der Waals surface area (Å²) in [6.07, 6.45) is 0. The molecule has 0 heterocycles. The minimum Gasteiger partial charge on any atom is -0.507 e. The number of phenols is 4. The Morgan fingerprint density at radius 3 is 1.00 bits per heavy atom. The van der Waals surface area contributed by atoms with E-state index < -0.39 is 0 Å². The summed E-state index contributed by atoms with van der Waals surface area (Å²) in [6, 6.07) is 41.7. The van der Waals surface area contributed by atoms with Gasteiger partial charge in [0.15, 0.2) is 0 Å². The summed E-state index contributed by atoms with van der Waals surface area (Å²) >= 11 is 0. The van der Waals surface area contributed by atoms with Gasteiger partial charge in [0, 0.05) is 22.3 Å². The summed E-state index contributed by atoms with van der Waals surface area (Å²) in [4.78, 5) is 0. The second kappa shape index (κ2) is 9.79. The van der Waals surface area contributed by atoms with E-state index in [-0.39, 0.29) is 23.0 Å². The lowest BCUT2D eigenvalue weighted by atomic mass is 9.85. The van der Waals surface area contributed by atoms with Gasteiger partial charge >= 0.3 is 0 Å². The van der Waals surface area contributed by atoms with Gasteiger partial charge in [0.2, 0.25) is 0 Å². The predicted octanol–water partition coefficient (Wildman–Crippen LogP) is 10.1. The predicted molar refractivity (Wildman–Crippen MR) is 179 cm³/mol. The van der Waals surface area contributed by atoms with Crippen LogP contribution in [0.15, 0.2) is 133 Å². The number of aromatic hydroxyl groups is 4. The molecule has 0 atom stereocenters. The van der Waals surface area contributed by atoms with Crippen LogP contribution >= 0.6 is 0 Å². The molecule has 0 aliphatic heterocycles. The number of phenolic OH excluding ortho intramolecular Hbond substituents is 4. The van der Waals surface area contributed by atoms with Gasteiger partial charge in [-0.05, 0) is 78.5 Å². The number of rotatable bonds is 3. The van der Waals surface area contributed by atoms with E-state index in [0.29, 0.717) is 22.3 Å². The average molecular weight is 571 g/mol. The van der Waals surface area contributed by atoms with Crippen LogP contribution < -0.4 is 0 Å². The molecule has 0 aliphatic carbocycles. The number of fused-ring (bicyclic) bond motifs is 4. The van der Waals surface area contributed by atoms with E-state index in [2.05, 4.69) is 0 Å². The van der Waals surface area contributed by atoms with Gasteiger partial charge in [-0.25, -0.2) is 0 Å². The first kappa shape index (κ1) is 25.7. The Bertz CT molecular complexity index is 2270. The third kappa shape index (κ3) is 3.78. The fourth-order valence-electron chi connectivity index (χ4n) is 6.74. The zero-order chi connectivity index (χ0) is 29.9. The Kier molecular flexibility index (Phi) is 5.71. The molecule has 210 valence electrons. The molecule has 8 aromatic rings. The molecule has 0 bridgehead atoms. The first-order valence-corrected chi connectivity index (χ1v) is 14.4. The molecule has 0 amide bonds.